The van der Waals surface area contributed by atoms with Gasteiger partial charge in [0.1, 0.15) is 6.10 Å². The van der Waals surface area contributed by atoms with E-state index in [9.17, 15) is 24.9 Å². The number of epoxide rings is 1. The summed E-state index contributed by atoms with van der Waals surface area (Å²) < 4.78 is 16.7. The molecule has 37 heavy (non-hydrogen) atoms. The molecule has 0 amide bonds. The predicted octanol–water partition coefficient (Wildman–Crippen LogP) is 1.39. The van der Waals surface area contributed by atoms with E-state index in [1.807, 2.05) is 6.92 Å². The summed E-state index contributed by atoms with van der Waals surface area (Å²) in [6, 6.07) is 0. The normalized spacial score (nSPS) is 28.9. The van der Waals surface area contributed by atoms with E-state index in [0.29, 0.717) is 38.0 Å². The summed E-state index contributed by atoms with van der Waals surface area (Å²) in [5.74, 6) is -1.42. The summed E-state index contributed by atoms with van der Waals surface area (Å²) in [5, 5.41) is 39.5. The number of carbonyl (C=O) groups excluding carboxylic acids is 1. The monoisotopic (exact) mass is 558 g/mol. The molecule has 2 fully saturated rings. The number of unbranched alkanes of at least 4 members (excludes halogenated alkanes) is 5. The van der Waals surface area contributed by atoms with Crippen LogP contribution in [0.2, 0.25) is 0 Å². The summed E-state index contributed by atoms with van der Waals surface area (Å²) in [6.45, 7) is 6.07. The minimum atomic E-state index is -1.06. The third-order valence-corrected chi connectivity index (χ3v) is 7.09. The molecule has 2 radical (unpaired) electrons. The number of rotatable bonds is 16. The van der Waals surface area contributed by atoms with Gasteiger partial charge < -0.3 is 40.1 Å². The first-order chi connectivity index (χ1) is 16.6. The van der Waals surface area contributed by atoms with Gasteiger partial charge in [0.2, 0.25) is 0 Å². The van der Waals surface area contributed by atoms with Crippen LogP contribution in [-0.2, 0) is 23.8 Å². The molecule has 2 aliphatic rings. The molecule has 0 spiro atoms. The molecule has 6 N–H and O–H groups in total. The first-order valence-corrected chi connectivity index (χ1v) is 13.0. The molecule has 10 nitrogen and oxygen atoms in total. The number of carbonyl (C=O) groups is 2. The van der Waals surface area contributed by atoms with Crippen LogP contribution in [0, 0.1) is 11.8 Å². The van der Waals surface area contributed by atoms with E-state index < -0.39 is 36.4 Å². The zero-order valence-corrected chi connectivity index (χ0v) is 24.7. The molecular weight excluding hydrogens is 512 g/mol. The van der Waals surface area contributed by atoms with Crippen LogP contribution in [0.4, 0.5) is 0 Å². The number of esters is 1. The Morgan fingerprint density at radius 1 is 1.03 bits per heavy atom. The molecule has 0 aromatic carbocycles. The van der Waals surface area contributed by atoms with E-state index >= 15 is 0 Å². The van der Waals surface area contributed by atoms with Crippen LogP contribution in [-0.4, -0.2) is 125 Å². The third kappa shape index (κ3) is 13.6. The van der Waals surface area contributed by atoms with Crippen molar-refractivity contribution in [2.75, 3.05) is 13.2 Å². The van der Waals surface area contributed by atoms with Gasteiger partial charge >= 0.3 is 11.9 Å². The van der Waals surface area contributed by atoms with E-state index in [1.54, 1.807) is 13.8 Å². The standard InChI is InChI=1S/C26H44O9.Ca.H2O/c1-16(13-23(30)33-11-9-7-5-4-6-8-10-22(28)29)12-20-25(32)24(31)19(15-34-20)14-21-26(35-21)17(2)18(3)27;;/h13,17-21,24-27,31-32H,4-12,14-15H2,1-3H3,(H,28,29);;1H2/b16-13+;;/t17-,18-,19-,20-,21-,24+,25-,26-;;/m0../s1. The quantitative estimate of drug-likeness (QED) is 0.0716. The van der Waals surface area contributed by atoms with Crippen molar-refractivity contribution in [3.05, 3.63) is 11.6 Å². The van der Waals surface area contributed by atoms with Gasteiger partial charge in [0.15, 0.2) is 0 Å². The van der Waals surface area contributed by atoms with E-state index in [0.717, 1.165) is 32.1 Å². The first-order valence-electron chi connectivity index (χ1n) is 13.0. The van der Waals surface area contributed by atoms with Gasteiger partial charge in [0.05, 0.1) is 43.7 Å². The minimum Gasteiger partial charge on any atom is -0.481 e. The second-order valence-electron chi connectivity index (χ2n) is 10.2. The number of hydrogen-bond donors (Lipinski definition) is 4. The molecule has 2 saturated heterocycles. The van der Waals surface area contributed by atoms with Crippen LogP contribution in [0.15, 0.2) is 11.6 Å². The van der Waals surface area contributed by atoms with Crippen molar-refractivity contribution in [3.63, 3.8) is 0 Å². The topological polar surface area (TPSA) is 178 Å². The molecule has 2 aliphatic heterocycles. The second kappa shape index (κ2) is 18.9. The van der Waals surface area contributed by atoms with Gasteiger partial charge in [-0.15, -0.1) is 0 Å². The van der Waals surface area contributed by atoms with Gasteiger partial charge in [0.25, 0.3) is 0 Å². The van der Waals surface area contributed by atoms with E-state index in [2.05, 4.69) is 0 Å². The van der Waals surface area contributed by atoms with Gasteiger partial charge in [0, 0.05) is 62.1 Å². The van der Waals surface area contributed by atoms with E-state index in [4.69, 9.17) is 19.3 Å². The van der Waals surface area contributed by atoms with Gasteiger partial charge in [-0.05, 0) is 39.5 Å². The van der Waals surface area contributed by atoms with E-state index in [-0.39, 0.29) is 73.7 Å². The zero-order chi connectivity index (χ0) is 26.0. The molecule has 212 valence electrons. The molecule has 0 unspecified atom stereocenters. The summed E-state index contributed by atoms with van der Waals surface area (Å²) in [6.07, 6.45) is 4.61. The van der Waals surface area contributed by atoms with Crippen molar-refractivity contribution in [1.82, 2.24) is 0 Å². The molecular formula is C26H46CaO10. The minimum absolute atomic E-state index is 0. The number of carboxylic acids is 1. The molecule has 2 rings (SSSR count). The third-order valence-electron chi connectivity index (χ3n) is 7.09. The fourth-order valence-electron chi connectivity index (χ4n) is 4.59. The zero-order valence-electron chi connectivity index (χ0n) is 22.5. The van der Waals surface area contributed by atoms with E-state index in [1.165, 1.54) is 6.08 Å². The maximum Gasteiger partial charge on any atom is 0.330 e. The Kier molecular flexibility index (Phi) is 18.7. The molecule has 11 heteroatoms. The van der Waals surface area contributed by atoms with Crippen LogP contribution in [0.3, 0.4) is 0 Å². The fraction of sp³-hybridized carbons (Fsp3) is 0.846. The number of carboxylic acid groups (broad SMARTS) is 1. The Labute approximate surface area is 250 Å². The van der Waals surface area contributed by atoms with Crippen molar-refractivity contribution in [2.45, 2.75) is 115 Å². The van der Waals surface area contributed by atoms with Gasteiger partial charge in [-0.2, -0.15) is 0 Å². The average Bonchev–Trinajstić information content (AvgIpc) is 3.55. The Morgan fingerprint density at radius 3 is 2.27 bits per heavy atom. The Morgan fingerprint density at radius 2 is 1.65 bits per heavy atom. The van der Waals surface area contributed by atoms with Crippen molar-refractivity contribution >= 4 is 49.7 Å². The Hall–Kier alpha value is -0.300. The summed E-state index contributed by atoms with van der Waals surface area (Å²) >= 11 is 0. The van der Waals surface area contributed by atoms with Gasteiger partial charge in [-0.3, -0.25) is 4.79 Å². The van der Waals surface area contributed by atoms with Crippen LogP contribution in [0.25, 0.3) is 0 Å². The summed E-state index contributed by atoms with van der Waals surface area (Å²) in [4.78, 5) is 22.5. The smallest absolute Gasteiger partial charge is 0.330 e. The largest absolute Gasteiger partial charge is 0.481 e. The second-order valence-corrected chi connectivity index (χ2v) is 10.2. The molecule has 0 saturated carbocycles. The fourth-order valence-corrected chi connectivity index (χ4v) is 4.59. The maximum absolute atomic E-state index is 12.1. The molecule has 0 aromatic rings. The molecule has 0 aromatic heterocycles. The Balaban J connectivity index is 0.00000648. The first kappa shape index (κ1) is 36.7. The predicted molar refractivity (Wildman–Crippen MR) is 138 cm³/mol. The van der Waals surface area contributed by atoms with Crippen molar-refractivity contribution < 1.29 is 49.7 Å². The van der Waals surface area contributed by atoms with Crippen LogP contribution in [0.1, 0.15) is 78.6 Å². The van der Waals surface area contributed by atoms with Crippen LogP contribution >= 0.6 is 0 Å². The van der Waals surface area contributed by atoms with Gasteiger partial charge in [-0.25, -0.2) is 4.79 Å². The van der Waals surface area contributed by atoms with Crippen LogP contribution in [0.5, 0.6) is 0 Å². The number of aliphatic hydroxyl groups excluding tert-OH is 3. The average molecular weight is 559 g/mol. The maximum atomic E-state index is 12.1. The SMILES string of the molecule is C/C(=C\C(=O)OCCCCCCCCC(=O)O)C[C@@H]1OC[C@H](C[C@@H]2O[C@H]2[C@@H](C)[C@H](C)O)[C@@H](O)[C@H]1O.O.[Ca]. The number of ether oxygens (including phenoxy) is 3. The van der Waals surface area contributed by atoms with Crippen molar-refractivity contribution in [3.8, 4) is 0 Å². The summed E-state index contributed by atoms with van der Waals surface area (Å²) in [5.41, 5.74) is 0.708. The number of hydrogen-bond acceptors (Lipinski definition) is 8. The molecule has 8 atom stereocenters. The number of aliphatic carboxylic acids is 1. The van der Waals surface area contributed by atoms with Gasteiger partial charge in [-0.1, -0.05) is 38.2 Å². The molecule has 0 aliphatic carbocycles. The Bertz CT molecular complexity index is 701. The number of aliphatic hydroxyl groups is 3. The molecule has 2 heterocycles. The summed E-state index contributed by atoms with van der Waals surface area (Å²) in [7, 11) is 0. The molecule has 0 bridgehead atoms. The van der Waals surface area contributed by atoms with Crippen molar-refractivity contribution in [1.29, 1.82) is 0 Å². The van der Waals surface area contributed by atoms with Crippen LogP contribution < -0.4 is 0 Å². The van der Waals surface area contributed by atoms with Crippen molar-refractivity contribution in [2.24, 2.45) is 11.8 Å².